The van der Waals surface area contributed by atoms with Crippen LogP contribution in [0.5, 0.6) is 5.75 Å². The number of methoxy groups -OCH3 is 1. The Morgan fingerprint density at radius 1 is 1.29 bits per heavy atom. The highest BCUT2D eigenvalue weighted by molar-refractivity contribution is 7.89. The molecule has 0 unspecified atom stereocenters. The summed E-state index contributed by atoms with van der Waals surface area (Å²) in [6.07, 6.45) is 3.02. The van der Waals surface area contributed by atoms with Crippen molar-refractivity contribution in [3.05, 3.63) is 23.2 Å². The second kappa shape index (κ2) is 9.86. The lowest BCUT2D eigenvalue weighted by Crippen LogP contribution is -2.38. The van der Waals surface area contributed by atoms with Crippen LogP contribution in [0.2, 0.25) is 5.02 Å². The highest BCUT2D eigenvalue weighted by atomic mass is 35.5. The first-order chi connectivity index (χ1) is 11.3. The SMILES string of the molecule is CCCCCN(CCNS(=O)(=O)c1ccc(OC)c(Cl)c1)C(C)=O. The molecule has 0 radical (unpaired) electrons. The fourth-order valence-electron chi connectivity index (χ4n) is 2.19. The molecule has 1 N–H and O–H groups in total. The van der Waals surface area contributed by atoms with E-state index in [9.17, 15) is 13.2 Å². The maximum absolute atomic E-state index is 12.3. The van der Waals surface area contributed by atoms with Gasteiger partial charge in [0.1, 0.15) is 5.75 Å². The molecule has 0 aliphatic heterocycles. The minimum Gasteiger partial charge on any atom is -0.495 e. The van der Waals surface area contributed by atoms with Crippen molar-refractivity contribution in [1.29, 1.82) is 0 Å². The Bertz CT molecular complexity index is 649. The Hall–Kier alpha value is -1.31. The van der Waals surface area contributed by atoms with Crippen LogP contribution in [0.25, 0.3) is 0 Å². The number of nitrogens with one attached hydrogen (secondary N) is 1. The van der Waals surface area contributed by atoms with E-state index in [1.54, 1.807) is 4.90 Å². The molecule has 0 saturated heterocycles. The van der Waals surface area contributed by atoms with Crippen LogP contribution < -0.4 is 9.46 Å². The molecule has 24 heavy (non-hydrogen) atoms. The zero-order valence-corrected chi connectivity index (χ0v) is 15.9. The average molecular weight is 377 g/mol. The van der Waals surface area contributed by atoms with E-state index in [4.69, 9.17) is 16.3 Å². The van der Waals surface area contributed by atoms with Gasteiger partial charge in [0.2, 0.25) is 15.9 Å². The molecular weight excluding hydrogens is 352 g/mol. The fraction of sp³-hybridized carbons (Fsp3) is 0.562. The summed E-state index contributed by atoms with van der Waals surface area (Å²) in [5, 5.41) is 0.227. The third kappa shape index (κ3) is 6.30. The summed E-state index contributed by atoms with van der Waals surface area (Å²) in [6, 6.07) is 4.27. The highest BCUT2D eigenvalue weighted by Gasteiger charge is 2.16. The third-order valence-corrected chi connectivity index (χ3v) is 5.34. The number of ether oxygens (including phenoxy) is 1. The molecule has 0 aliphatic rings. The number of nitrogens with zero attached hydrogens (tertiary/aromatic N) is 1. The Balaban J connectivity index is 2.64. The number of rotatable bonds is 10. The van der Waals surface area contributed by atoms with Crippen LogP contribution >= 0.6 is 11.6 Å². The average Bonchev–Trinajstić information content (AvgIpc) is 2.53. The molecule has 0 bridgehead atoms. The molecule has 0 aromatic heterocycles. The van der Waals surface area contributed by atoms with Crippen LogP contribution in [0.4, 0.5) is 0 Å². The molecule has 1 aromatic carbocycles. The van der Waals surface area contributed by atoms with Gasteiger partial charge in [0.15, 0.2) is 0 Å². The molecule has 0 heterocycles. The summed E-state index contributed by atoms with van der Waals surface area (Å²) >= 11 is 5.96. The van der Waals surface area contributed by atoms with Gasteiger partial charge in [-0.05, 0) is 24.6 Å². The summed E-state index contributed by atoms with van der Waals surface area (Å²) in [4.78, 5) is 13.3. The summed E-state index contributed by atoms with van der Waals surface area (Å²) in [6.45, 7) is 4.70. The quantitative estimate of drug-likeness (QED) is 0.637. The lowest BCUT2D eigenvalue weighted by Gasteiger charge is -2.21. The molecule has 8 heteroatoms. The van der Waals surface area contributed by atoms with Crippen molar-refractivity contribution >= 4 is 27.5 Å². The molecule has 0 aliphatic carbocycles. The minimum absolute atomic E-state index is 0.0576. The zero-order valence-electron chi connectivity index (χ0n) is 14.3. The number of hydrogen-bond donors (Lipinski definition) is 1. The van der Waals surface area contributed by atoms with Gasteiger partial charge in [0.25, 0.3) is 0 Å². The minimum atomic E-state index is -3.68. The third-order valence-electron chi connectivity index (χ3n) is 3.58. The highest BCUT2D eigenvalue weighted by Crippen LogP contribution is 2.26. The van der Waals surface area contributed by atoms with Crippen LogP contribution in [0.1, 0.15) is 33.1 Å². The summed E-state index contributed by atoms with van der Waals surface area (Å²) in [5.74, 6) is 0.354. The lowest BCUT2D eigenvalue weighted by molar-refractivity contribution is -0.128. The van der Waals surface area contributed by atoms with Crippen molar-refractivity contribution < 1.29 is 17.9 Å². The van der Waals surface area contributed by atoms with Gasteiger partial charge >= 0.3 is 0 Å². The van der Waals surface area contributed by atoms with Crippen molar-refractivity contribution in [3.63, 3.8) is 0 Å². The lowest BCUT2D eigenvalue weighted by atomic mass is 10.2. The predicted octanol–water partition coefficient (Wildman–Crippen LogP) is 2.67. The monoisotopic (exact) mass is 376 g/mol. The molecule has 0 atom stereocenters. The van der Waals surface area contributed by atoms with Gasteiger partial charge in [-0.1, -0.05) is 31.4 Å². The van der Waals surface area contributed by atoms with Crippen molar-refractivity contribution in [2.75, 3.05) is 26.7 Å². The second-order valence-corrected chi connectivity index (χ2v) is 7.58. The number of hydrogen-bond acceptors (Lipinski definition) is 4. The maximum Gasteiger partial charge on any atom is 0.240 e. The van der Waals surface area contributed by atoms with Crippen LogP contribution in [0.15, 0.2) is 23.1 Å². The van der Waals surface area contributed by atoms with Crippen LogP contribution in [-0.2, 0) is 14.8 Å². The molecule has 1 amide bonds. The summed E-state index contributed by atoms with van der Waals surface area (Å²) in [5.41, 5.74) is 0. The predicted molar refractivity (Wildman–Crippen MR) is 95.0 cm³/mol. The second-order valence-electron chi connectivity index (χ2n) is 5.41. The Labute approximate surface area is 149 Å². The molecule has 136 valence electrons. The molecule has 0 saturated carbocycles. The topological polar surface area (TPSA) is 75.7 Å². The van der Waals surface area contributed by atoms with E-state index in [1.165, 1.54) is 32.2 Å². The van der Waals surface area contributed by atoms with Crippen molar-refractivity contribution in [3.8, 4) is 5.75 Å². The van der Waals surface area contributed by atoms with Gasteiger partial charge in [-0.3, -0.25) is 4.79 Å². The van der Waals surface area contributed by atoms with Crippen LogP contribution in [-0.4, -0.2) is 46.0 Å². The first-order valence-corrected chi connectivity index (χ1v) is 9.76. The number of carbonyl (C=O) groups is 1. The number of carbonyl (C=O) groups excluding carboxylic acids is 1. The zero-order chi connectivity index (χ0) is 18.2. The summed E-state index contributed by atoms with van der Waals surface area (Å²) < 4.78 is 32.1. The number of sulfonamides is 1. The number of amides is 1. The van der Waals surface area contributed by atoms with Gasteiger partial charge in [0.05, 0.1) is 17.0 Å². The van der Waals surface area contributed by atoms with E-state index in [0.29, 0.717) is 18.8 Å². The standard InChI is InChI=1S/C16H25ClN2O4S/c1-4-5-6-10-19(13(2)20)11-9-18-24(21,22)14-7-8-16(23-3)15(17)12-14/h7-8,12,18H,4-6,9-11H2,1-3H3. The van der Waals surface area contributed by atoms with E-state index >= 15 is 0 Å². The van der Waals surface area contributed by atoms with E-state index in [1.807, 2.05) is 0 Å². The van der Waals surface area contributed by atoms with Gasteiger partial charge in [-0.15, -0.1) is 0 Å². The molecule has 1 rings (SSSR count). The van der Waals surface area contributed by atoms with E-state index in [0.717, 1.165) is 19.3 Å². The Morgan fingerprint density at radius 2 is 2.00 bits per heavy atom. The van der Waals surface area contributed by atoms with E-state index < -0.39 is 10.0 Å². The smallest absolute Gasteiger partial charge is 0.240 e. The van der Waals surface area contributed by atoms with Gasteiger partial charge in [0, 0.05) is 26.6 Å². The van der Waals surface area contributed by atoms with Gasteiger partial charge in [-0.25, -0.2) is 13.1 Å². The van der Waals surface area contributed by atoms with Gasteiger partial charge in [-0.2, -0.15) is 0 Å². The van der Waals surface area contributed by atoms with Crippen LogP contribution in [0, 0.1) is 0 Å². The first kappa shape index (κ1) is 20.7. The Kier molecular flexibility index (Phi) is 8.52. The maximum atomic E-state index is 12.3. The number of benzene rings is 1. The van der Waals surface area contributed by atoms with E-state index in [-0.39, 0.29) is 22.4 Å². The van der Waals surface area contributed by atoms with Crippen molar-refractivity contribution in [2.24, 2.45) is 0 Å². The van der Waals surface area contributed by atoms with Crippen molar-refractivity contribution in [1.82, 2.24) is 9.62 Å². The fourth-order valence-corrected chi connectivity index (χ4v) is 3.56. The number of unbranched alkanes of at least 4 members (excludes halogenated alkanes) is 2. The molecule has 0 spiro atoms. The number of halogens is 1. The van der Waals surface area contributed by atoms with Gasteiger partial charge < -0.3 is 9.64 Å². The molecular formula is C16H25ClN2O4S. The molecule has 6 nitrogen and oxygen atoms in total. The van der Waals surface area contributed by atoms with E-state index in [2.05, 4.69) is 11.6 Å². The normalized spacial score (nSPS) is 11.3. The first-order valence-electron chi connectivity index (χ1n) is 7.90. The Morgan fingerprint density at radius 3 is 2.54 bits per heavy atom. The molecule has 1 aromatic rings. The van der Waals surface area contributed by atoms with Crippen molar-refractivity contribution in [2.45, 2.75) is 38.0 Å². The largest absolute Gasteiger partial charge is 0.495 e. The molecule has 0 fully saturated rings. The van der Waals surface area contributed by atoms with Crippen LogP contribution in [0.3, 0.4) is 0 Å². The summed E-state index contributed by atoms with van der Waals surface area (Å²) in [7, 11) is -2.22.